The van der Waals surface area contributed by atoms with Crippen molar-refractivity contribution in [3.05, 3.63) is 90.5 Å². The predicted octanol–water partition coefficient (Wildman–Crippen LogP) is 6.26. The summed E-state index contributed by atoms with van der Waals surface area (Å²) in [4.78, 5) is 26.2. The maximum absolute atomic E-state index is 12.9. The van der Waals surface area contributed by atoms with Gasteiger partial charge in [-0.05, 0) is 85.2 Å². The van der Waals surface area contributed by atoms with E-state index in [9.17, 15) is 9.59 Å². The molecule has 0 fully saturated rings. The van der Waals surface area contributed by atoms with E-state index in [2.05, 4.69) is 10.6 Å². The molecule has 0 bridgehead atoms. The number of rotatable bonds is 13. The fourth-order valence-corrected chi connectivity index (χ4v) is 4.29. The van der Waals surface area contributed by atoms with Gasteiger partial charge in [-0.2, -0.15) is 0 Å². The minimum Gasteiger partial charge on any atom is -0.491 e. The lowest BCUT2D eigenvalue weighted by Gasteiger charge is -2.25. The molecule has 0 saturated carbocycles. The van der Waals surface area contributed by atoms with Crippen molar-refractivity contribution >= 4 is 40.8 Å². The van der Waals surface area contributed by atoms with Crippen molar-refractivity contribution in [3.63, 3.8) is 0 Å². The Hall–Kier alpha value is -3.95. The van der Waals surface area contributed by atoms with Crippen LogP contribution in [0.3, 0.4) is 0 Å². The molecule has 0 saturated heterocycles. The molecule has 0 aliphatic heterocycles. The highest BCUT2D eigenvalue weighted by Gasteiger charge is 2.24. The van der Waals surface area contributed by atoms with Crippen molar-refractivity contribution in [2.24, 2.45) is 5.92 Å². The lowest BCUT2D eigenvalue weighted by atomic mass is 9.93. The number of thioether (sulfide) groups is 1. The summed E-state index contributed by atoms with van der Waals surface area (Å²) in [5.41, 5.74) is 8.35. The third kappa shape index (κ3) is 9.70. The van der Waals surface area contributed by atoms with Crippen LogP contribution in [0.2, 0.25) is 0 Å². The molecule has 5 N–H and O–H groups in total. The number of aliphatic hydroxyl groups excluding tert-OH is 1. The summed E-state index contributed by atoms with van der Waals surface area (Å²) < 4.78 is 11.5. The first-order valence-corrected chi connectivity index (χ1v) is 13.9. The fourth-order valence-electron chi connectivity index (χ4n) is 3.88. The normalized spacial score (nSPS) is 12.5. The molecular formula is C30H35N3O5S. The molecular weight excluding hydrogens is 514 g/mol. The van der Waals surface area contributed by atoms with Crippen molar-refractivity contribution in [2.45, 2.75) is 30.8 Å². The zero-order chi connectivity index (χ0) is 28.0. The van der Waals surface area contributed by atoms with Crippen LogP contribution in [0.5, 0.6) is 5.75 Å². The van der Waals surface area contributed by atoms with Gasteiger partial charge in [0.1, 0.15) is 18.5 Å². The number of amides is 2. The summed E-state index contributed by atoms with van der Waals surface area (Å²) in [5.74, 6) is 0.223. The Morgan fingerprint density at radius 1 is 1.05 bits per heavy atom. The van der Waals surface area contributed by atoms with Crippen LogP contribution in [-0.2, 0) is 9.53 Å². The van der Waals surface area contributed by atoms with Gasteiger partial charge in [0.05, 0.1) is 18.0 Å². The second-order valence-electron chi connectivity index (χ2n) is 8.86. The number of para-hydroxylation sites is 2. The third-order valence-corrected chi connectivity index (χ3v) is 6.65. The van der Waals surface area contributed by atoms with E-state index in [1.165, 1.54) is 6.08 Å². The lowest BCUT2D eigenvalue weighted by molar-refractivity contribution is -0.111. The summed E-state index contributed by atoms with van der Waals surface area (Å²) in [6.07, 6.45) is 5.36. The highest BCUT2D eigenvalue weighted by molar-refractivity contribution is 7.98. The van der Waals surface area contributed by atoms with Crippen molar-refractivity contribution in [2.75, 3.05) is 35.8 Å². The van der Waals surface area contributed by atoms with E-state index in [0.29, 0.717) is 35.7 Å². The molecule has 3 rings (SSSR count). The van der Waals surface area contributed by atoms with E-state index in [1.54, 1.807) is 48.2 Å². The first-order valence-electron chi connectivity index (χ1n) is 12.7. The number of nitrogen functional groups attached to an aromatic ring is 1. The molecule has 0 aromatic heterocycles. The van der Waals surface area contributed by atoms with Crippen LogP contribution in [0.15, 0.2) is 89.8 Å². The monoisotopic (exact) mass is 549 g/mol. The molecule has 0 aliphatic rings. The Labute approximate surface area is 233 Å². The van der Waals surface area contributed by atoms with Crippen LogP contribution in [0, 0.1) is 5.92 Å². The molecule has 206 valence electrons. The Morgan fingerprint density at radius 2 is 1.82 bits per heavy atom. The van der Waals surface area contributed by atoms with Crippen LogP contribution < -0.4 is 21.1 Å². The quantitative estimate of drug-likeness (QED) is 0.113. The number of aliphatic hydroxyl groups is 1. The van der Waals surface area contributed by atoms with Gasteiger partial charge in [0.2, 0.25) is 5.91 Å². The van der Waals surface area contributed by atoms with E-state index in [1.807, 2.05) is 55.6 Å². The fraction of sp³-hybridized carbons (Fsp3) is 0.267. The zero-order valence-corrected chi connectivity index (χ0v) is 22.9. The Kier molecular flexibility index (Phi) is 11.7. The van der Waals surface area contributed by atoms with Crippen LogP contribution >= 0.6 is 11.8 Å². The molecule has 0 unspecified atom stereocenters. The minimum atomic E-state index is -0.570. The predicted molar refractivity (Wildman–Crippen MR) is 157 cm³/mol. The maximum Gasteiger partial charge on any atom is 0.412 e. The second-order valence-corrected chi connectivity index (χ2v) is 9.74. The number of hydrogen-bond donors (Lipinski definition) is 4. The van der Waals surface area contributed by atoms with Gasteiger partial charge in [-0.3, -0.25) is 10.1 Å². The summed E-state index contributed by atoms with van der Waals surface area (Å²) in [5, 5.41) is 14.7. The van der Waals surface area contributed by atoms with E-state index in [-0.39, 0.29) is 25.0 Å². The summed E-state index contributed by atoms with van der Waals surface area (Å²) in [6.45, 7) is 2.05. The lowest BCUT2D eigenvalue weighted by Crippen LogP contribution is -2.22. The molecule has 0 radical (unpaired) electrons. The first kappa shape index (κ1) is 29.6. The molecule has 2 amide bonds. The molecule has 0 heterocycles. The van der Waals surface area contributed by atoms with Crippen LogP contribution in [-0.4, -0.2) is 36.6 Å². The molecule has 3 aromatic carbocycles. The highest BCUT2D eigenvalue weighted by Crippen LogP contribution is 2.32. The number of carbonyl (C=O) groups excluding carboxylic acids is 2. The van der Waals surface area contributed by atoms with Gasteiger partial charge in [0, 0.05) is 10.6 Å². The van der Waals surface area contributed by atoms with Crippen molar-refractivity contribution in [1.82, 2.24) is 0 Å². The first-order chi connectivity index (χ1) is 18.9. The average molecular weight is 550 g/mol. The topological polar surface area (TPSA) is 123 Å². The van der Waals surface area contributed by atoms with E-state index in [0.717, 1.165) is 10.5 Å². The van der Waals surface area contributed by atoms with Gasteiger partial charge < -0.3 is 25.6 Å². The largest absolute Gasteiger partial charge is 0.491 e. The van der Waals surface area contributed by atoms with Crippen LogP contribution in [0.1, 0.15) is 31.4 Å². The Balaban J connectivity index is 1.66. The van der Waals surface area contributed by atoms with E-state index in [4.69, 9.17) is 20.3 Å². The standard InChI is InChI=1S/C30H35N3O5S/c1-21(8-3-6-13-28(35)33-27-12-5-4-11-26(27)31)29(22-9-7-10-24(20-22)37-19-18-34)38-30(36)32-23-14-16-25(39-2)17-15-23/h4-7,9-17,20-21,29,34H,3,8,18-19,31H2,1-2H3,(H,32,36)(H,33,35)/b13-6+/t21-,29-/m1/s1. The smallest absolute Gasteiger partial charge is 0.412 e. The van der Waals surface area contributed by atoms with Crippen molar-refractivity contribution in [3.8, 4) is 5.75 Å². The van der Waals surface area contributed by atoms with E-state index >= 15 is 0 Å². The summed E-state index contributed by atoms with van der Waals surface area (Å²) in [7, 11) is 0. The third-order valence-electron chi connectivity index (χ3n) is 5.91. The number of allylic oxidation sites excluding steroid dienone is 1. The number of nitrogens with two attached hydrogens (primary N) is 1. The SMILES string of the molecule is CSc1ccc(NC(=O)O[C@@H](c2cccc(OCCO)c2)[C@H](C)CC/C=C/C(=O)Nc2ccccc2N)cc1. The molecule has 39 heavy (non-hydrogen) atoms. The molecule has 9 heteroatoms. The van der Waals surface area contributed by atoms with Gasteiger partial charge in [-0.25, -0.2) is 4.79 Å². The number of nitrogens with one attached hydrogen (secondary N) is 2. The Bertz CT molecular complexity index is 1250. The van der Waals surface area contributed by atoms with E-state index < -0.39 is 12.2 Å². The molecule has 0 aliphatic carbocycles. The van der Waals surface area contributed by atoms with Gasteiger partial charge in [0.15, 0.2) is 0 Å². The highest BCUT2D eigenvalue weighted by atomic mass is 32.2. The second kappa shape index (κ2) is 15.5. The number of hydrogen-bond acceptors (Lipinski definition) is 7. The molecule has 2 atom stereocenters. The van der Waals surface area contributed by atoms with Crippen LogP contribution in [0.25, 0.3) is 0 Å². The zero-order valence-electron chi connectivity index (χ0n) is 22.1. The van der Waals surface area contributed by atoms with Crippen molar-refractivity contribution in [1.29, 1.82) is 0 Å². The Morgan fingerprint density at radius 3 is 2.54 bits per heavy atom. The molecule has 0 spiro atoms. The van der Waals surface area contributed by atoms with Crippen LogP contribution in [0.4, 0.5) is 21.9 Å². The molecule has 8 nitrogen and oxygen atoms in total. The summed E-state index contributed by atoms with van der Waals surface area (Å²) in [6, 6.07) is 21.9. The van der Waals surface area contributed by atoms with Gasteiger partial charge in [0.25, 0.3) is 0 Å². The number of ether oxygens (including phenoxy) is 2. The minimum absolute atomic E-state index is 0.0832. The van der Waals surface area contributed by atoms with Gasteiger partial charge >= 0.3 is 6.09 Å². The maximum atomic E-state index is 12.9. The average Bonchev–Trinajstić information content (AvgIpc) is 2.94. The number of carbonyl (C=O) groups is 2. The number of anilines is 3. The molecule has 3 aromatic rings. The number of benzene rings is 3. The van der Waals surface area contributed by atoms with Gasteiger partial charge in [-0.1, -0.05) is 37.3 Å². The van der Waals surface area contributed by atoms with Gasteiger partial charge in [-0.15, -0.1) is 11.8 Å². The summed E-state index contributed by atoms with van der Waals surface area (Å²) >= 11 is 1.62. The van der Waals surface area contributed by atoms with Crippen molar-refractivity contribution < 1.29 is 24.2 Å².